The molecule has 0 aromatic heterocycles. The quantitative estimate of drug-likeness (QED) is 0.474. The first-order valence-corrected chi connectivity index (χ1v) is 4.52. The van der Waals surface area contributed by atoms with Crippen molar-refractivity contribution in [1.29, 1.82) is 0 Å². The molecular formula is C11H10N2O3. The largest absolute Gasteiger partial charge is 0.348 e. The standard InChI is InChI=1S/C11H10N2O3/c1-2-3-8-12-11(14)9-6-4-5-7-10(9)13(15)16/h3-7H,1,8H2,(H,12,14). The molecule has 0 atom stereocenters. The van der Waals surface area contributed by atoms with Crippen molar-refractivity contribution in [1.82, 2.24) is 5.32 Å². The molecule has 1 amide bonds. The minimum atomic E-state index is -0.585. The van der Waals surface area contributed by atoms with Crippen LogP contribution in [0.3, 0.4) is 0 Å². The van der Waals surface area contributed by atoms with Gasteiger partial charge in [0.2, 0.25) is 0 Å². The number of carbonyl (C=O) groups is 1. The van der Waals surface area contributed by atoms with Crippen molar-refractivity contribution >= 4 is 11.6 Å². The van der Waals surface area contributed by atoms with E-state index >= 15 is 0 Å². The molecule has 1 aromatic carbocycles. The van der Waals surface area contributed by atoms with Gasteiger partial charge in [-0.25, -0.2) is 0 Å². The van der Waals surface area contributed by atoms with Crippen LogP contribution < -0.4 is 5.32 Å². The Morgan fingerprint density at radius 2 is 2.25 bits per heavy atom. The minimum Gasteiger partial charge on any atom is -0.348 e. The molecular weight excluding hydrogens is 208 g/mol. The van der Waals surface area contributed by atoms with Gasteiger partial charge in [-0.1, -0.05) is 18.7 Å². The zero-order valence-electron chi connectivity index (χ0n) is 8.47. The van der Waals surface area contributed by atoms with E-state index in [9.17, 15) is 14.9 Å². The normalized spacial score (nSPS) is 9.00. The first-order valence-electron chi connectivity index (χ1n) is 4.52. The van der Waals surface area contributed by atoms with Crippen molar-refractivity contribution in [3.8, 4) is 0 Å². The lowest BCUT2D eigenvalue weighted by Gasteiger charge is -2.02. The van der Waals surface area contributed by atoms with Crippen LogP contribution in [0, 0.1) is 10.1 Å². The van der Waals surface area contributed by atoms with Crippen LogP contribution >= 0.6 is 0 Å². The van der Waals surface area contributed by atoms with Gasteiger partial charge in [-0.15, -0.1) is 5.73 Å². The van der Waals surface area contributed by atoms with Crippen molar-refractivity contribution in [2.75, 3.05) is 6.54 Å². The predicted molar refractivity (Wildman–Crippen MR) is 59.1 cm³/mol. The SMILES string of the molecule is C=C=CCNC(=O)c1ccccc1[N+](=O)[O-]. The van der Waals surface area contributed by atoms with E-state index in [4.69, 9.17) is 0 Å². The Hall–Kier alpha value is -2.39. The Balaban J connectivity index is 2.90. The Kier molecular flexibility index (Phi) is 4.00. The summed E-state index contributed by atoms with van der Waals surface area (Å²) < 4.78 is 0. The maximum atomic E-state index is 11.6. The van der Waals surface area contributed by atoms with Crippen LogP contribution in [0.25, 0.3) is 0 Å². The van der Waals surface area contributed by atoms with Crippen LogP contribution in [0.4, 0.5) is 5.69 Å². The molecule has 1 rings (SSSR count). The maximum absolute atomic E-state index is 11.6. The molecule has 0 aliphatic carbocycles. The lowest BCUT2D eigenvalue weighted by Crippen LogP contribution is -2.24. The van der Waals surface area contributed by atoms with Crippen LogP contribution in [-0.4, -0.2) is 17.4 Å². The average molecular weight is 218 g/mol. The van der Waals surface area contributed by atoms with Gasteiger partial charge in [0, 0.05) is 12.6 Å². The first-order chi connectivity index (χ1) is 7.66. The molecule has 0 aliphatic heterocycles. The van der Waals surface area contributed by atoms with E-state index in [1.165, 1.54) is 24.3 Å². The third-order valence-corrected chi connectivity index (χ3v) is 1.85. The summed E-state index contributed by atoms with van der Waals surface area (Å²) in [4.78, 5) is 21.6. The lowest BCUT2D eigenvalue weighted by atomic mass is 10.1. The Morgan fingerprint density at radius 3 is 2.88 bits per heavy atom. The number of hydrogen-bond donors (Lipinski definition) is 1. The molecule has 5 heteroatoms. The molecule has 0 radical (unpaired) electrons. The molecule has 0 fully saturated rings. The number of nitrogens with zero attached hydrogens (tertiary/aromatic N) is 1. The monoisotopic (exact) mass is 218 g/mol. The molecule has 1 aromatic rings. The van der Waals surface area contributed by atoms with Crippen LogP contribution in [-0.2, 0) is 0 Å². The zero-order valence-corrected chi connectivity index (χ0v) is 8.47. The minimum absolute atomic E-state index is 0.0463. The average Bonchev–Trinajstić information content (AvgIpc) is 2.29. The van der Waals surface area contributed by atoms with Gasteiger partial charge in [0.25, 0.3) is 11.6 Å². The van der Waals surface area contributed by atoms with Crippen molar-refractivity contribution in [3.05, 3.63) is 58.3 Å². The first kappa shape index (κ1) is 11.7. The Bertz CT molecular complexity index is 462. The number of benzene rings is 1. The Morgan fingerprint density at radius 1 is 1.56 bits per heavy atom. The van der Waals surface area contributed by atoms with Crippen LogP contribution in [0.15, 0.2) is 42.7 Å². The summed E-state index contributed by atoms with van der Waals surface area (Å²) in [6.07, 6.45) is 1.52. The van der Waals surface area contributed by atoms with Gasteiger partial charge >= 0.3 is 0 Å². The number of nitrogens with one attached hydrogen (secondary N) is 1. The summed E-state index contributed by atoms with van der Waals surface area (Å²) in [5, 5.41) is 13.1. The van der Waals surface area contributed by atoms with Gasteiger partial charge < -0.3 is 5.32 Å². The molecule has 0 unspecified atom stereocenters. The highest BCUT2D eigenvalue weighted by Gasteiger charge is 2.17. The van der Waals surface area contributed by atoms with E-state index in [0.717, 1.165) is 0 Å². The molecule has 0 saturated carbocycles. The van der Waals surface area contributed by atoms with Gasteiger partial charge in [0.15, 0.2) is 0 Å². The highest BCUT2D eigenvalue weighted by molar-refractivity contribution is 5.98. The van der Waals surface area contributed by atoms with E-state index in [2.05, 4.69) is 17.6 Å². The number of nitro groups is 1. The van der Waals surface area contributed by atoms with E-state index in [1.807, 2.05) is 0 Å². The molecule has 0 spiro atoms. The number of amides is 1. The number of para-hydroxylation sites is 1. The fourth-order valence-corrected chi connectivity index (χ4v) is 1.14. The van der Waals surface area contributed by atoms with Gasteiger partial charge in [-0.3, -0.25) is 14.9 Å². The Labute approximate surface area is 92.2 Å². The molecule has 1 N–H and O–H groups in total. The molecule has 5 nitrogen and oxygen atoms in total. The van der Waals surface area contributed by atoms with E-state index in [-0.39, 0.29) is 17.8 Å². The van der Waals surface area contributed by atoms with Crippen molar-refractivity contribution in [3.63, 3.8) is 0 Å². The van der Waals surface area contributed by atoms with Crippen LogP contribution in [0.1, 0.15) is 10.4 Å². The fraction of sp³-hybridized carbons (Fsp3) is 0.0909. The summed E-state index contributed by atoms with van der Waals surface area (Å²) in [7, 11) is 0. The summed E-state index contributed by atoms with van der Waals surface area (Å²) in [5.41, 5.74) is 2.33. The van der Waals surface area contributed by atoms with Gasteiger partial charge in [-0.05, 0) is 12.1 Å². The molecule has 16 heavy (non-hydrogen) atoms. The summed E-state index contributed by atoms with van der Waals surface area (Å²) >= 11 is 0. The lowest BCUT2D eigenvalue weighted by molar-refractivity contribution is -0.385. The van der Waals surface area contributed by atoms with Gasteiger partial charge in [0.1, 0.15) is 5.56 Å². The number of hydrogen-bond acceptors (Lipinski definition) is 3. The highest BCUT2D eigenvalue weighted by Crippen LogP contribution is 2.16. The third kappa shape index (κ3) is 2.80. The summed E-state index contributed by atoms with van der Waals surface area (Å²) in [6, 6.07) is 5.78. The number of nitro benzene ring substituents is 1. The van der Waals surface area contributed by atoms with Crippen LogP contribution in [0.5, 0.6) is 0 Å². The van der Waals surface area contributed by atoms with E-state index in [0.29, 0.717) is 0 Å². The second-order valence-corrected chi connectivity index (χ2v) is 2.89. The molecule has 0 bridgehead atoms. The van der Waals surface area contributed by atoms with Crippen molar-refractivity contribution in [2.24, 2.45) is 0 Å². The number of rotatable bonds is 4. The number of carbonyl (C=O) groups excluding carboxylic acids is 1. The molecule has 0 aliphatic rings. The molecule has 0 saturated heterocycles. The fourth-order valence-electron chi connectivity index (χ4n) is 1.14. The second kappa shape index (κ2) is 5.48. The summed E-state index contributed by atoms with van der Waals surface area (Å²) in [6.45, 7) is 3.58. The maximum Gasteiger partial charge on any atom is 0.282 e. The van der Waals surface area contributed by atoms with E-state index in [1.54, 1.807) is 6.07 Å². The van der Waals surface area contributed by atoms with Gasteiger partial charge in [-0.2, -0.15) is 0 Å². The predicted octanol–water partition coefficient (Wildman–Crippen LogP) is 1.67. The second-order valence-electron chi connectivity index (χ2n) is 2.89. The topological polar surface area (TPSA) is 72.2 Å². The van der Waals surface area contributed by atoms with Crippen molar-refractivity contribution in [2.45, 2.75) is 0 Å². The molecule has 0 heterocycles. The third-order valence-electron chi connectivity index (χ3n) is 1.85. The van der Waals surface area contributed by atoms with Crippen LogP contribution in [0.2, 0.25) is 0 Å². The van der Waals surface area contributed by atoms with Gasteiger partial charge in [0.05, 0.1) is 4.92 Å². The summed E-state index contributed by atoms with van der Waals surface area (Å²) in [5.74, 6) is -0.487. The van der Waals surface area contributed by atoms with Crippen molar-refractivity contribution < 1.29 is 9.72 Å². The molecule has 82 valence electrons. The van der Waals surface area contributed by atoms with E-state index < -0.39 is 10.8 Å². The smallest absolute Gasteiger partial charge is 0.282 e. The zero-order chi connectivity index (χ0) is 12.0. The highest BCUT2D eigenvalue weighted by atomic mass is 16.6.